The maximum atomic E-state index is 12.8. The number of imide groups is 1. The third-order valence-electron chi connectivity index (χ3n) is 5.14. The number of carbonyl (C=O) groups is 3. The van der Waals surface area contributed by atoms with Crippen LogP contribution in [-0.2, 0) is 20.8 Å². The number of furan rings is 1. The van der Waals surface area contributed by atoms with E-state index >= 15 is 0 Å². The van der Waals surface area contributed by atoms with Gasteiger partial charge in [-0.2, -0.15) is 0 Å². The molecule has 3 amide bonds. The Balaban J connectivity index is 1.68. The molecule has 0 N–H and O–H groups in total. The van der Waals surface area contributed by atoms with Crippen molar-refractivity contribution < 1.29 is 18.8 Å². The summed E-state index contributed by atoms with van der Waals surface area (Å²) in [5, 5.41) is 0. The molecule has 136 valence electrons. The summed E-state index contributed by atoms with van der Waals surface area (Å²) in [6, 6.07) is 3.91. The second-order valence-corrected chi connectivity index (χ2v) is 6.80. The first-order valence-electron chi connectivity index (χ1n) is 9.31. The molecule has 6 nitrogen and oxygen atoms in total. The van der Waals surface area contributed by atoms with Gasteiger partial charge in [0.2, 0.25) is 17.7 Å². The van der Waals surface area contributed by atoms with Gasteiger partial charge in [0.1, 0.15) is 11.5 Å². The van der Waals surface area contributed by atoms with Crippen molar-refractivity contribution in [3.63, 3.8) is 0 Å². The number of aryl methyl sites for hydroxylation is 1. The van der Waals surface area contributed by atoms with Crippen molar-refractivity contribution in [3.05, 3.63) is 23.7 Å². The average Bonchev–Trinajstić information content (AvgIpc) is 3.12. The molecule has 0 aliphatic carbocycles. The number of rotatable bonds is 5. The monoisotopic (exact) mass is 346 g/mol. The quantitative estimate of drug-likeness (QED) is 0.769. The van der Waals surface area contributed by atoms with Gasteiger partial charge < -0.3 is 9.32 Å². The summed E-state index contributed by atoms with van der Waals surface area (Å²) in [4.78, 5) is 39.4. The fourth-order valence-electron chi connectivity index (χ4n) is 3.69. The van der Waals surface area contributed by atoms with E-state index in [1.165, 1.54) is 4.90 Å². The lowest BCUT2D eigenvalue weighted by Crippen LogP contribution is -2.38. The summed E-state index contributed by atoms with van der Waals surface area (Å²) in [5.41, 5.74) is 0. The van der Waals surface area contributed by atoms with E-state index in [0.29, 0.717) is 6.54 Å². The van der Waals surface area contributed by atoms with Crippen molar-refractivity contribution in [2.45, 2.75) is 64.3 Å². The van der Waals surface area contributed by atoms with Crippen LogP contribution in [0.4, 0.5) is 0 Å². The van der Waals surface area contributed by atoms with Crippen LogP contribution in [0.15, 0.2) is 16.5 Å². The van der Waals surface area contributed by atoms with Crippen LogP contribution in [0.3, 0.4) is 0 Å². The number of nitrogens with zero attached hydrogens (tertiary/aromatic N) is 2. The third kappa shape index (κ3) is 3.94. The summed E-state index contributed by atoms with van der Waals surface area (Å²) < 4.78 is 5.91. The van der Waals surface area contributed by atoms with Gasteiger partial charge in [0.15, 0.2) is 0 Å². The van der Waals surface area contributed by atoms with Crippen LogP contribution in [0.1, 0.15) is 69.4 Å². The Kier molecular flexibility index (Phi) is 5.56. The molecule has 0 radical (unpaired) electrons. The molecule has 1 aromatic rings. The fraction of sp³-hybridized carbons (Fsp3) is 0.632. The van der Waals surface area contributed by atoms with Crippen LogP contribution in [0, 0.1) is 0 Å². The third-order valence-corrected chi connectivity index (χ3v) is 5.14. The van der Waals surface area contributed by atoms with Gasteiger partial charge in [-0.15, -0.1) is 0 Å². The summed E-state index contributed by atoms with van der Waals surface area (Å²) in [6.07, 6.45) is 5.60. The molecule has 6 heteroatoms. The van der Waals surface area contributed by atoms with E-state index in [4.69, 9.17) is 4.42 Å². The van der Waals surface area contributed by atoms with Crippen molar-refractivity contribution in [2.75, 3.05) is 13.1 Å². The van der Waals surface area contributed by atoms with Crippen LogP contribution in [-0.4, -0.2) is 40.6 Å². The highest BCUT2D eigenvalue weighted by Crippen LogP contribution is 2.32. The first-order valence-corrected chi connectivity index (χ1v) is 9.31. The molecule has 1 unspecified atom stereocenters. The molecule has 25 heavy (non-hydrogen) atoms. The lowest BCUT2D eigenvalue weighted by molar-refractivity contribution is -0.140. The minimum atomic E-state index is -0.163. The molecular weight excluding hydrogens is 320 g/mol. The predicted octanol–water partition coefficient (Wildman–Crippen LogP) is 2.82. The largest absolute Gasteiger partial charge is 0.464 e. The van der Waals surface area contributed by atoms with E-state index in [-0.39, 0.29) is 49.6 Å². The molecule has 0 saturated carbocycles. The van der Waals surface area contributed by atoms with Crippen molar-refractivity contribution in [1.82, 2.24) is 9.80 Å². The Morgan fingerprint density at radius 1 is 1.16 bits per heavy atom. The normalized spacial score (nSPS) is 21.7. The SMILES string of the molecule is CCc1ccc(C2CCCCCN2C(=O)CCN2C(=O)CCC2=O)o1. The van der Waals surface area contributed by atoms with Crippen molar-refractivity contribution in [2.24, 2.45) is 0 Å². The number of amides is 3. The van der Waals surface area contributed by atoms with E-state index < -0.39 is 0 Å². The van der Waals surface area contributed by atoms with Gasteiger partial charge in [-0.25, -0.2) is 0 Å². The number of hydrogen-bond donors (Lipinski definition) is 0. The molecule has 0 aromatic carbocycles. The number of hydrogen-bond acceptors (Lipinski definition) is 4. The number of likely N-dealkylation sites (tertiary alicyclic amines) is 2. The van der Waals surface area contributed by atoms with Crippen molar-refractivity contribution in [3.8, 4) is 0 Å². The summed E-state index contributed by atoms with van der Waals surface area (Å²) in [5.74, 6) is 1.45. The van der Waals surface area contributed by atoms with Gasteiger partial charge >= 0.3 is 0 Å². The Morgan fingerprint density at radius 3 is 2.60 bits per heavy atom. The number of carbonyl (C=O) groups excluding carboxylic acids is 3. The molecular formula is C19H26N2O4. The second-order valence-electron chi connectivity index (χ2n) is 6.80. The van der Waals surface area contributed by atoms with Crippen LogP contribution in [0.5, 0.6) is 0 Å². The maximum Gasteiger partial charge on any atom is 0.229 e. The van der Waals surface area contributed by atoms with Crippen LogP contribution in [0.25, 0.3) is 0 Å². The van der Waals surface area contributed by atoms with Crippen molar-refractivity contribution >= 4 is 17.7 Å². The van der Waals surface area contributed by atoms with E-state index in [1.807, 2.05) is 24.0 Å². The first kappa shape index (κ1) is 17.7. The van der Waals surface area contributed by atoms with Crippen LogP contribution < -0.4 is 0 Å². The fourth-order valence-corrected chi connectivity index (χ4v) is 3.69. The van der Waals surface area contributed by atoms with E-state index in [2.05, 4.69) is 0 Å². The zero-order valence-corrected chi connectivity index (χ0v) is 14.8. The standard InChI is InChI=1S/C19H26N2O4/c1-2-14-7-8-16(25-14)15-6-4-3-5-12-20(15)19(24)11-13-21-17(22)9-10-18(21)23/h7-8,15H,2-6,9-13H2,1H3. The summed E-state index contributed by atoms with van der Waals surface area (Å²) in [7, 11) is 0. The predicted molar refractivity (Wildman–Crippen MR) is 91.6 cm³/mol. The first-order chi connectivity index (χ1) is 12.1. The average molecular weight is 346 g/mol. The van der Waals surface area contributed by atoms with Gasteiger partial charge in [0.25, 0.3) is 0 Å². The second kappa shape index (κ2) is 7.85. The topological polar surface area (TPSA) is 70.8 Å². The minimum Gasteiger partial charge on any atom is -0.464 e. The molecule has 2 fully saturated rings. The summed E-state index contributed by atoms with van der Waals surface area (Å²) in [6.45, 7) is 2.94. The highest BCUT2D eigenvalue weighted by Gasteiger charge is 2.32. The smallest absolute Gasteiger partial charge is 0.229 e. The van der Waals surface area contributed by atoms with E-state index in [9.17, 15) is 14.4 Å². The van der Waals surface area contributed by atoms with Gasteiger partial charge in [-0.3, -0.25) is 19.3 Å². The molecule has 0 bridgehead atoms. The Hall–Kier alpha value is -2.11. The Bertz CT molecular complexity index is 636. The highest BCUT2D eigenvalue weighted by atomic mass is 16.3. The van der Waals surface area contributed by atoms with E-state index in [0.717, 1.165) is 43.6 Å². The van der Waals surface area contributed by atoms with Gasteiger partial charge in [0, 0.05) is 38.8 Å². The lowest BCUT2D eigenvalue weighted by Gasteiger charge is -2.29. The van der Waals surface area contributed by atoms with Crippen LogP contribution >= 0.6 is 0 Å². The molecule has 2 aliphatic heterocycles. The zero-order chi connectivity index (χ0) is 17.8. The Morgan fingerprint density at radius 2 is 1.92 bits per heavy atom. The molecule has 0 spiro atoms. The molecule has 2 aliphatic rings. The molecule has 2 saturated heterocycles. The van der Waals surface area contributed by atoms with Gasteiger partial charge in [-0.1, -0.05) is 19.8 Å². The van der Waals surface area contributed by atoms with Gasteiger partial charge in [0.05, 0.1) is 6.04 Å². The van der Waals surface area contributed by atoms with Gasteiger partial charge in [-0.05, 0) is 25.0 Å². The Labute approximate surface area is 148 Å². The zero-order valence-electron chi connectivity index (χ0n) is 14.8. The highest BCUT2D eigenvalue weighted by molar-refractivity contribution is 6.02. The van der Waals surface area contributed by atoms with Crippen molar-refractivity contribution in [1.29, 1.82) is 0 Å². The molecule has 3 heterocycles. The van der Waals surface area contributed by atoms with E-state index in [1.54, 1.807) is 0 Å². The minimum absolute atomic E-state index is 0.00570. The molecule has 3 rings (SSSR count). The lowest BCUT2D eigenvalue weighted by atomic mass is 10.1. The van der Waals surface area contributed by atoms with Crippen LogP contribution in [0.2, 0.25) is 0 Å². The maximum absolute atomic E-state index is 12.8. The summed E-state index contributed by atoms with van der Waals surface area (Å²) >= 11 is 0. The molecule has 1 aromatic heterocycles. The molecule has 1 atom stereocenters.